The summed E-state index contributed by atoms with van der Waals surface area (Å²) in [6, 6.07) is 0. The Labute approximate surface area is 219 Å². The topological polar surface area (TPSA) is 36.9 Å². The Kier molecular flexibility index (Phi) is 28.6. The lowest BCUT2D eigenvalue weighted by Crippen LogP contribution is -2.10. The first-order valence-corrected chi connectivity index (χ1v) is 15.5. The molecule has 0 heterocycles. The van der Waals surface area contributed by atoms with E-state index in [0.717, 1.165) is 44.5 Å². The zero-order chi connectivity index (χ0) is 25.7. The van der Waals surface area contributed by atoms with E-state index in [9.17, 15) is 0 Å². The molecule has 4 nitrogen and oxygen atoms in total. The fourth-order valence-electron chi connectivity index (χ4n) is 4.10. The van der Waals surface area contributed by atoms with Gasteiger partial charge in [-0.15, -0.1) is 0 Å². The second kappa shape index (κ2) is 29.3. The van der Waals surface area contributed by atoms with Crippen LogP contribution in [0, 0.1) is 0 Å². The minimum atomic E-state index is 0.235. The van der Waals surface area contributed by atoms with E-state index in [4.69, 9.17) is 18.9 Å². The number of rotatable bonds is 29. The Morgan fingerprint density at radius 1 is 0.400 bits per heavy atom. The molecule has 0 aliphatic heterocycles. The summed E-state index contributed by atoms with van der Waals surface area (Å²) in [4.78, 5) is 0. The molecule has 0 aliphatic rings. The number of hydrogen-bond acceptors (Lipinski definition) is 4. The van der Waals surface area contributed by atoms with Crippen LogP contribution in [0.25, 0.3) is 0 Å². The molecule has 0 rings (SSSR count). The van der Waals surface area contributed by atoms with Gasteiger partial charge in [-0.25, -0.2) is 0 Å². The predicted octanol–water partition coefficient (Wildman–Crippen LogP) is 10.5. The molecule has 0 fully saturated rings. The summed E-state index contributed by atoms with van der Waals surface area (Å²) >= 11 is 0. The van der Waals surface area contributed by atoms with Gasteiger partial charge in [0.1, 0.15) is 0 Å². The molecule has 0 aromatic heterocycles. The lowest BCUT2D eigenvalue weighted by atomic mass is 10.1. The van der Waals surface area contributed by atoms with Crippen molar-refractivity contribution in [1.82, 2.24) is 0 Å². The van der Waals surface area contributed by atoms with Crippen molar-refractivity contribution >= 4 is 0 Å². The van der Waals surface area contributed by atoms with Crippen LogP contribution in [0.5, 0.6) is 0 Å². The Morgan fingerprint density at radius 2 is 0.857 bits per heavy atom. The van der Waals surface area contributed by atoms with Crippen LogP contribution in [0.2, 0.25) is 0 Å². The van der Waals surface area contributed by atoms with Gasteiger partial charge in [-0.3, -0.25) is 0 Å². The second-order valence-corrected chi connectivity index (χ2v) is 9.98. The molecule has 0 amide bonds. The van der Waals surface area contributed by atoms with Crippen LogP contribution in [-0.2, 0) is 18.9 Å². The number of hydrogen-bond donors (Lipinski definition) is 0. The van der Waals surface area contributed by atoms with Gasteiger partial charge in [-0.1, -0.05) is 130 Å². The monoisotopic (exact) mass is 498 g/mol. The van der Waals surface area contributed by atoms with E-state index in [1.807, 2.05) is 0 Å². The SMILES string of the molecule is CCCCCCCCCCOC(CCCCC)=C(OCCCCCCCCCC)OCOCCC. The van der Waals surface area contributed by atoms with Crippen LogP contribution in [0.15, 0.2) is 11.7 Å². The summed E-state index contributed by atoms with van der Waals surface area (Å²) in [6.07, 6.45) is 26.2. The highest BCUT2D eigenvalue weighted by molar-refractivity contribution is 4.95. The van der Waals surface area contributed by atoms with Crippen LogP contribution >= 0.6 is 0 Å². The van der Waals surface area contributed by atoms with Crippen molar-refractivity contribution < 1.29 is 18.9 Å². The van der Waals surface area contributed by atoms with Crippen molar-refractivity contribution in [2.75, 3.05) is 26.6 Å². The van der Waals surface area contributed by atoms with Crippen LogP contribution < -0.4 is 0 Å². The van der Waals surface area contributed by atoms with E-state index >= 15 is 0 Å². The first-order valence-electron chi connectivity index (χ1n) is 15.5. The molecule has 0 aromatic carbocycles. The van der Waals surface area contributed by atoms with Crippen molar-refractivity contribution in [2.45, 2.75) is 163 Å². The predicted molar refractivity (Wildman–Crippen MR) is 150 cm³/mol. The minimum absolute atomic E-state index is 0.235. The molecule has 0 bridgehead atoms. The molecule has 0 radical (unpaired) electrons. The zero-order valence-corrected chi connectivity index (χ0v) is 24.3. The van der Waals surface area contributed by atoms with Gasteiger partial charge in [-0.2, -0.15) is 0 Å². The maximum atomic E-state index is 6.26. The summed E-state index contributed by atoms with van der Waals surface area (Å²) in [6.45, 7) is 11.3. The third kappa shape index (κ3) is 24.6. The van der Waals surface area contributed by atoms with Crippen molar-refractivity contribution in [3.05, 3.63) is 11.7 Å². The van der Waals surface area contributed by atoms with Gasteiger partial charge in [0.2, 0.25) is 0 Å². The summed E-state index contributed by atoms with van der Waals surface area (Å²) < 4.78 is 23.9. The number of ether oxygens (including phenoxy) is 4. The van der Waals surface area contributed by atoms with E-state index in [1.165, 1.54) is 103 Å². The molecular formula is C31H62O4. The standard InChI is InChI=1S/C31H62O4/c1-5-9-12-14-16-18-20-23-27-33-30(25-22-11-7-3)31(35-29-32-26-8-4)34-28-24-21-19-17-15-13-10-6-2/h5-29H2,1-4H3. The summed E-state index contributed by atoms with van der Waals surface area (Å²) in [5.41, 5.74) is 0. The molecule has 0 unspecified atom stereocenters. The molecular weight excluding hydrogens is 436 g/mol. The second-order valence-electron chi connectivity index (χ2n) is 9.98. The van der Waals surface area contributed by atoms with Crippen LogP contribution in [0.1, 0.15) is 163 Å². The fourth-order valence-corrected chi connectivity index (χ4v) is 4.10. The van der Waals surface area contributed by atoms with Crippen molar-refractivity contribution in [1.29, 1.82) is 0 Å². The lowest BCUT2D eigenvalue weighted by molar-refractivity contribution is -0.0838. The zero-order valence-electron chi connectivity index (χ0n) is 24.3. The average Bonchev–Trinajstić information content (AvgIpc) is 2.87. The summed E-state index contributed by atoms with van der Waals surface area (Å²) in [7, 11) is 0. The molecule has 210 valence electrons. The maximum absolute atomic E-state index is 6.26. The highest BCUT2D eigenvalue weighted by atomic mass is 16.7. The van der Waals surface area contributed by atoms with Crippen molar-refractivity contribution in [3.8, 4) is 0 Å². The van der Waals surface area contributed by atoms with Crippen LogP contribution in [-0.4, -0.2) is 26.6 Å². The molecule has 0 aromatic rings. The Balaban J connectivity index is 4.56. The highest BCUT2D eigenvalue weighted by Crippen LogP contribution is 2.20. The van der Waals surface area contributed by atoms with Gasteiger partial charge in [-0.05, 0) is 25.7 Å². The first kappa shape index (κ1) is 34.1. The first-order chi connectivity index (χ1) is 17.3. The van der Waals surface area contributed by atoms with Crippen LogP contribution in [0.4, 0.5) is 0 Å². The van der Waals surface area contributed by atoms with E-state index in [1.54, 1.807) is 0 Å². The molecule has 35 heavy (non-hydrogen) atoms. The van der Waals surface area contributed by atoms with Crippen LogP contribution in [0.3, 0.4) is 0 Å². The quantitative estimate of drug-likeness (QED) is 0.0583. The van der Waals surface area contributed by atoms with Gasteiger partial charge in [0.15, 0.2) is 12.6 Å². The van der Waals surface area contributed by atoms with E-state index in [0.29, 0.717) is 19.2 Å². The number of allylic oxidation sites excluding steroid dienone is 1. The van der Waals surface area contributed by atoms with Gasteiger partial charge in [0.25, 0.3) is 0 Å². The third-order valence-corrected chi connectivity index (χ3v) is 6.36. The largest absolute Gasteiger partial charge is 0.491 e. The molecule has 0 N–H and O–H groups in total. The van der Waals surface area contributed by atoms with Gasteiger partial charge in [0, 0.05) is 6.42 Å². The third-order valence-electron chi connectivity index (χ3n) is 6.36. The number of unbranched alkanes of at least 4 members (excludes halogenated alkanes) is 16. The van der Waals surface area contributed by atoms with Gasteiger partial charge >= 0.3 is 5.95 Å². The Morgan fingerprint density at radius 3 is 1.37 bits per heavy atom. The minimum Gasteiger partial charge on any atom is -0.491 e. The summed E-state index contributed by atoms with van der Waals surface area (Å²) in [5, 5.41) is 0. The van der Waals surface area contributed by atoms with E-state index < -0.39 is 0 Å². The normalized spacial score (nSPS) is 12.0. The molecule has 0 aliphatic carbocycles. The molecule has 0 saturated carbocycles. The maximum Gasteiger partial charge on any atom is 0.321 e. The Hall–Kier alpha value is -0.900. The van der Waals surface area contributed by atoms with Gasteiger partial charge < -0.3 is 18.9 Å². The fraction of sp³-hybridized carbons (Fsp3) is 0.935. The molecule has 0 saturated heterocycles. The average molecular weight is 499 g/mol. The van der Waals surface area contributed by atoms with E-state index in [-0.39, 0.29) is 6.79 Å². The van der Waals surface area contributed by atoms with E-state index in [2.05, 4.69) is 27.7 Å². The smallest absolute Gasteiger partial charge is 0.321 e. The van der Waals surface area contributed by atoms with Crippen molar-refractivity contribution in [3.63, 3.8) is 0 Å². The molecule has 0 spiro atoms. The van der Waals surface area contributed by atoms with Gasteiger partial charge in [0.05, 0.1) is 19.8 Å². The molecule has 4 heteroatoms. The molecule has 0 atom stereocenters. The van der Waals surface area contributed by atoms with Crippen molar-refractivity contribution in [2.24, 2.45) is 0 Å². The lowest BCUT2D eigenvalue weighted by Gasteiger charge is -2.18. The highest BCUT2D eigenvalue weighted by Gasteiger charge is 2.13. The summed E-state index contributed by atoms with van der Waals surface area (Å²) in [5.74, 6) is 1.46. The Bertz CT molecular complexity index is 436.